The van der Waals surface area contributed by atoms with Gasteiger partial charge in [-0.3, -0.25) is 4.79 Å². The minimum atomic E-state index is -0.690. The molecule has 5 heteroatoms. The summed E-state index contributed by atoms with van der Waals surface area (Å²) < 4.78 is 0. The average molecular weight is 277 g/mol. The van der Waals surface area contributed by atoms with Crippen LogP contribution in [0.2, 0.25) is 0 Å². The lowest BCUT2D eigenvalue weighted by Gasteiger charge is -2.13. The molecule has 0 spiro atoms. The zero-order valence-electron chi connectivity index (χ0n) is 11.0. The maximum atomic E-state index is 12.5. The van der Waals surface area contributed by atoms with Gasteiger partial charge in [0.25, 0.3) is 5.91 Å². The van der Waals surface area contributed by atoms with Gasteiger partial charge >= 0.3 is 6.03 Å². The van der Waals surface area contributed by atoms with Gasteiger partial charge in [0.15, 0.2) is 0 Å². The third-order valence-corrected chi connectivity index (χ3v) is 3.30. The Hall–Kier alpha value is -3.13. The molecule has 1 aliphatic heterocycles. The smallest absolute Gasteiger partial charge is 0.321 e. The number of benzene rings is 2. The molecule has 0 aliphatic carbocycles. The lowest BCUT2D eigenvalue weighted by molar-refractivity contribution is -0.118. The van der Waals surface area contributed by atoms with Crippen molar-refractivity contribution in [1.82, 2.24) is 5.32 Å². The first-order valence-corrected chi connectivity index (χ1v) is 6.40. The van der Waals surface area contributed by atoms with E-state index in [2.05, 4.69) is 5.32 Å². The van der Waals surface area contributed by atoms with Crippen molar-refractivity contribution in [2.75, 3.05) is 4.90 Å². The van der Waals surface area contributed by atoms with Crippen LogP contribution in [-0.4, -0.2) is 11.9 Å². The molecule has 1 N–H and O–H groups in total. The monoisotopic (exact) mass is 277 g/mol. The lowest BCUT2D eigenvalue weighted by Crippen LogP contribution is -2.30. The highest BCUT2D eigenvalue weighted by Gasteiger charge is 2.39. The molecule has 5 nitrogen and oxygen atoms in total. The van der Waals surface area contributed by atoms with Crippen molar-refractivity contribution in [2.45, 2.75) is 6.04 Å². The van der Waals surface area contributed by atoms with Crippen LogP contribution in [0.4, 0.5) is 10.5 Å². The van der Waals surface area contributed by atoms with E-state index in [0.29, 0.717) is 11.3 Å². The Labute approximate surface area is 121 Å². The topological polar surface area (TPSA) is 73.2 Å². The van der Waals surface area contributed by atoms with Gasteiger partial charge in [-0.05, 0) is 23.8 Å². The Morgan fingerprint density at radius 1 is 1.05 bits per heavy atom. The van der Waals surface area contributed by atoms with Crippen molar-refractivity contribution in [1.29, 1.82) is 5.26 Å². The van der Waals surface area contributed by atoms with Crippen LogP contribution < -0.4 is 10.2 Å². The summed E-state index contributed by atoms with van der Waals surface area (Å²) in [7, 11) is 0. The molecule has 1 unspecified atom stereocenters. The van der Waals surface area contributed by atoms with Crippen molar-refractivity contribution in [3.8, 4) is 6.07 Å². The molecule has 1 fully saturated rings. The molecular formula is C16H11N3O2. The summed E-state index contributed by atoms with van der Waals surface area (Å²) in [6.07, 6.45) is 0. The van der Waals surface area contributed by atoms with Crippen molar-refractivity contribution >= 4 is 17.6 Å². The summed E-state index contributed by atoms with van der Waals surface area (Å²) >= 11 is 0. The molecular weight excluding hydrogens is 266 g/mol. The predicted octanol–water partition coefficient (Wildman–Crippen LogP) is 2.36. The predicted molar refractivity (Wildman–Crippen MR) is 76.4 cm³/mol. The van der Waals surface area contributed by atoms with E-state index < -0.39 is 12.1 Å². The van der Waals surface area contributed by atoms with E-state index in [-0.39, 0.29) is 5.91 Å². The second kappa shape index (κ2) is 5.10. The zero-order valence-corrected chi connectivity index (χ0v) is 11.0. The summed E-state index contributed by atoms with van der Waals surface area (Å²) in [4.78, 5) is 25.6. The first-order valence-electron chi connectivity index (χ1n) is 6.40. The van der Waals surface area contributed by atoms with E-state index in [9.17, 15) is 9.59 Å². The number of amides is 3. The lowest BCUT2D eigenvalue weighted by atomic mass is 10.1. The van der Waals surface area contributed by atoms with Gasteiger partial charge < -0.3 is 5.32 Å². The van der Waals surface area contributed by atoms with Gasteiger partial charge in [0, 0.05) is 0 Å². The summed E-state index contributed by atoms with van der Waals surface area (Å²) in [5.74, 6) is -0.346. The Balaban J connectivity index is 1.96. The number of rotatable bonds is 2. The van der Waals surface area contributed by atoms with E-state index in [1.54, 1.807) is 30.3 Å². The normalized spacial score (nSPS) is 17.5. The molecule has 2 aromatic carbocycles. The van der Waals surface area contributed by atoms with Crippen LogP contribution in [-0.2, 0) is 4.79 Å². The van der Waals surface area contributed by atoms with Crippen LogP contribution in [0.5, 0.6) is 0 Å². The fourth-order valence-electron chi connectivity index (χ4n) is 2.31. The van der Waals surface area contributed by atoms with Crippen LogP contribution in [0.15, 0.2) is 54.6 Å². The van der Waals surface area contributed by atoms with E-state index in [0.717, 1.165) is 10.5 Å². The van der Waals surface area contributed by atoms with Crippen LogP contribution in [0.25, 0.3) is 0 Å². The minimum Gasteiger partial charge on any atom is -0.321 e. The molecule has 0 bridgehead atoms. The third-order valence-electron chi connectivity index (χ3n) is 3.30. The van der Waals surface area contributed by atoms with Crippen LogP contribution in [0, 0.1) is 11.3 Å². The Kier molecular flexibility index (Phi) is 3.13. The summed E-state index contributed by atoms with van der Waals surface area (Å²) in [6.45, 7) is 0. The quantitative estimate of drug-likeness (QED) is 0.856. The van der Waals surface area contributed by atoms with Crippen molar-refractivity contribution in [3.63, 3.8) is 0 Å². The van der Waals surface area contributed by atoms with E-state index in [1.807, 2.05) is 24.3 Å². The number of anilines is 1. The molecule has 1 atom stereocenters. The number of imide groups is 1. The summed E-state index contributed by atoms with van der Waals surface area (Å²) in [5, 5.41) is 11.6. The van der Waals surface area contributed by atoms with E-state index >= 15 is 0 Å². The molecule has 1 aliphatic rings. The minimum absolute atomic E-state index is 0.346. The van der Waals surface area contributed by atoms with Crippen LogP contribution >= 0.6 is 0 Å². The molecule has 0 radical (unpaired) electrons. The Morgan fingerprint density at radius 3 is 2.52 bits per heavy atom. The summed E-state index contributed by atoms with van der Waals surface area (Å²) in [5.41, 5.74) is 1.53. The second-order valence-corrected chi connectivity index (χ2v) is 4.63. The van der Waals surface area contributed by atoms with Gasteiger partial charge in [-0.15, -0.1) is 0 Å². The number of nitrogens with one attached hydrogen (secondary N) is 1. The molecule has 0 saturated carbocycles. The van der Waals surface area contributed by atoms with Crippen LogP contribution in [0.3, 0.4) is 0 Å². The number of nitriles is 1. The van der Waals surface area contributed by atoms with Crippen molar-refractivity contribution in [3.05, 3.63) is 65.7 Å². The molecule has 1 saturated heterocycles. The number of nitrogens with zero attached hydrogens (tertiary/aromatic N) is 2. The van der Waals surface area contributed by atoms with Crippen molar-refractivity contribution in [2.24, 2.45) is 0 Å². The zero-order chi connectivity index (χ0) is 14.8. The maximum absolute atomic E-state index is 12.5. The number of urea groups is 1. The largest absolute Gasteiger partial charge is 0.329 e. The first-order chi connectivity index (χ1) is 10.2. The van der Waals surface area contributed by atoms with Crippen molar-refractivity contribution < 1.29 is 9.59 Å². The molecule has 1 heterocycles. The van der Waals surface area contributed by atoms with Gasteiger partial charge in [0.05, 0.1) is 17.3 Å². The standard InChI is InChI=1S/C16H11N3O2/c17-10-11-5-4-8-13(9-11)19-15(20)14(18-16(19)21)12-6-2-1-3-7-12/h1-9,14H,(H,18,21). The van der Waals surface area contributed by atoms with Gasteiger partial charge in [-0.1, -0.05) is 36.4 Å². The number of hydrogen-bond donors (Lipinski definition) is 1. The molecule has 102 valence electrons. The number of hydrogen-bond acceptors (Lipinski definition) is 3. The first kappa shape index (κ1) is 12.9. The van der Waals surface area contributed by atoms with Gasteiger partial charge in [0.1, 0.15) is 6.04 Å². The maximum Gasteiger partial charge on any atom is 0.329 e. The summed E-state index contributed by atoms with van der Waals surface area (Å²) in [6, 6.07) is 16.3. The molecule has 3 amide bonds. The number of carbonyl (C=O) groups is 2. The molecule has 2 aromatic rings. The van der Waals surface area contributed by atoms with Crippen LogP contribution in [0.1, 0.15) is 17.2 Å². The van der Waals surface area contributed by atoms with Gasteiger partial charge in [-0.2, -0.15) is 5.26 Å². The van der Waals surface area contributed by atoms with E-state index in [4.69, 9.17) is 5.26 Å². The van der Waals surface area contributed by atoms with Gasteiger partial charge in [0.2, 0.25) is 0 Å². The molecule has 21 heavy (non-hydrogen) atoms. The van der Waals surface area contributed by atoms with E-state index in [1.165, 1.54) is 6.07 Å². The highest BCUT2D eigenvalue weighted by atomic mass is 16.2. The molecule has 3 rings (SSSR count). The second-order valence-electron chi connectivity index (χ2n) is 4.63. The SMILES string of the molecule is N#Cc1cccc(N2C(=O)NC(c3ccccc3)C2=O)c1. The Bertz CT molecular complexity index is 750. The molecule has 0 aromatic heterocycles. The van der Waals surface area contributed by atoms with Gasteiger partial charge in [-0.25, -0.2) is 9.69 Å². The fourth-order valence-corrected chi connectivity index (χ4v) is 2.31. The highest BCUT2D eigenvalue weighted by Crippen LogP contribution is 2.27. The Morgan fingerprint density at radius 2 is 1.81 bits per heavy atom. The highest BCUT2D eigenvalue weighted by molar-refractivity contribution is 6.21. The fraction of sp³-hybridized carbons (Fsp3) is 0.0625. The number of carbonyl (C=O) groups excluding carboxylic acids is 2. The third kappa shape index (κ3) is 2.23. The average Bonchev–Trinajstić information content (AvgIpc) is 2.83.